The van der Waals surface area contributed by atoms with Gasteiger partial charge in [0.15, 0.2) is 6.61 Å². The van der Waals surface area contributed by atoms with E-state index in [2.05, 4.69) is 58.6 Å². The third kappa shape index (κ3) is 5.55. The number of hydrogen-bond donors (Lipinski definition) is 2. The molecule has 0 unspecified atom stereocenters. The van der Waals surface area contributed by atoms with Crippen molar-refractivity contribution in [3.8, 4) is 5.75 Å². The smallest absolute Gasteiger partial charge is 0.276 e. The van der Waals surface area contributed by atoms with Crippen molar-refractivity contribution in [1.82, 2.24) is 10.9 Å². The van der Waals surface area contributed by atoms with Gasteiger partial charge in [-0.2, -0.15) is 0 Å². The second-order valence-electron chi connectivity index (χ2n) is 5.29. The molecule has 2 aromatic rings. The van der Waals surface area contributed by atoms with E-state index in [9.17, 15) is 9.59 Å². The Morgan fingerprint density at radius 3 is 2.32 bits per heavy atom. The van der Waals surface area contributed by atoms with E-state index < -0.39 is 11.8 Å². The molecule has 0 aliphatic carbocycles. The van der Waals surface area contributed by atoms with Gasteiger partial charge >= 0.3 is 0 Å². The molecule has 0 saturated carbocycles. The van der Waals surface area contributed by atoms with Gasteiger partial charge in [-0.05, 0) is 65.2 Å². The average molecular weight is 535 g/mol. The van der Waals surface area contributed by atoms with Crippen LogP contribution in [-0.4, -0.2) is 18.4 Å². The summed E-state index contributed by atoms with van der Waals surface area (Å²) in [5.41, 5.74) is 7.02. The third-order valence-electron chi connectivity index (χ3n) is 3.29. The number of ether oxygens (including phenoxy) is 1. The Balaban J connectivity index is 1.88. The van der Waals surface area contributed by atoms with Crippen molar-refractivity contribution < 1.29 is 14.3 Å². The first kappa shape index (κ1) is 19.9. The van der Waals surface area contributed by atoms with Gasteiger partial charge in [0, 0.05) is 14.5 Å². The maximum absolute atomic E-state index is 12.0. The lowest BCUT2D eigenvalue weighted by atomic mass is 10.1. The predicted molar refractivity (Wildman–Crippen MR) is 107 cm³/mol. The van der Waals surface area contributed by atoms with Gasteiger partial charge in [0.1, 0.15) is 5.75 Å². The average Bonchev–Trinajstić information content (AvgIpc) is 2.54. The number of halogens is 3. The van der Waals surface area contributed by atoms with Crippen LogP contribution in [0.3, 0.4) is 0 Å². The van der Waals surface area contributed by atoms with Gasteiger partial charge in [-0.1, -0.05) is 37.9 Å². The maximum atomic E-state index is 12.0. The number of carbonyl (C=O) groups is 2. The summed E-state index contributed by atoms with van der Waals surface area (Å²) < 4.78 is 7.99. The topological polar surface area (TPSA) is 67.4 Å². The van der Waals surface area contributed by atoms with Crippen LogP contribution in [0.1, 0.15) is 21.5 Å². The van der Waals surface area contributed by atoms with Gasteiger partial charge in [0.2, 0.25) is 0 Å². The van der Waals surface area contributed by atoms with Crippen LogP contribution in [0.4, 0.5) is 0 Å². The molecule has 0 aromatic heterocycles. The van der Waals surface area contributed by atoms with Crippen molar-refractivity contribution in [2.24, 2.45) is 0 Å². The highest BCUT2D eigenvalue weighted by Gasteiger charge is 2.11. The molecule has 0 saturated heterocycles. The number of rotatable bonds is 4. The summed E-state index contributed by atoms with van der Waals surface area (Å²) in [4.78, 5) is 23.9. The molecule has 2 amide bonds. The van der Waals surface area contributed by atoms with Crippen molar-refractivity contribution in [3.63, 3.8) is 0 Å². The van der Waals surface area contributed by atoms with E-state index >= 15 is 0 Å². The Morgan fingerprint density at radius 2 is 1.68 bits per heavy atom. The van der Waals surface area contributed by atoms with Gasteiger partial charge in [-0.3, -0.25) is 20.4 Å². The second-order valence-corrected chi connectivity index (χ2v) is 7.91. The number of hydrazine groups is 1. The van der Waals surface area contributed by atoms with Crippen LogP contribution >= 0.6 is 47.8 Å². The van der Waals surface area contributed by atoms with E-state index in [0.717, 1.165) is 24.5 Å². The highest BCUT2D eigenvalue weighted by molar-refractivity contribution is 9.11. The lowest BCUT2D eigenvalue weighted by Gasteiger charge is -2.12. The zero-order valence-corrected chi connectivity index (χ0v) is 18.2. The number of carbonyl (C=O) groups excluding carboxylic acids is 2. The number of aryl methyl sites for hydroxylation is 2. The van der Waals surface area contributed by atoms with Crippen molar-refractivity contribution in [1.29, 1.82) is 0 Å². The summed E-state index contributed by atoms with van der Waals surface area (Å²) in [6.07, 6.45) is 0. The second kappa shape index (κ2) is 8.82. The van der Waals surface area contributed by atoms with Gasteiger partial charge in [0.25, 0.3) is 11.8 Å². The van der Waals surface area contributed by atoms with Gasteiger partial charge in [0.05, 0.1) is 4.47 Å². The minimum Gasteiger partial charge on any atom is -0.482 e. The molecule has 0 atom stereocenters. The first-order valence-corrected chi connectivity index (χ1v) is 9.59. The maximum Gasteiger partial charge on any atom is 0.276 e. The lowest BCUT2D eigenvalue weighted by molar-refractivity contribution is -0.123. The third-order valence-corrected chi connectivity index (χ3v) is 5.19. The Labute approximate surface area is 170 Å². The molecule has 5 nitrogen and oxygen atoms in total. The fourth-order valence-electron chi connectivity index (χ4n) is 1.98. The molecule has 2 rings (SSSR count). The Bertz CT molecular complexity index is 802. The zero-order chi connectivity index (χ0) is 18.6. The Morgan fingerprint density at radius 1 is 0.960 bits per heavy atom. The molecule has 0 bridgehead atoms. The molecule has 2 aromatic carbocycles. The summed E-state index contributed by atoms with van der Waals surface area (Å²) >= 11 is 10.1. The van der Waals surface area contributed by atoms with E-state index in [1.165, 1.54) is 0 Å². The van der Waals surface area contributed by atoms with Crippen molar-refractivity contribution in [2.75, 3.05) is 6.61 Å². The van der Waals surface area contributed by atoms with Crippen LogP contribution < -0.4 is 15.6 Å². The summed E-state index contributed by atoms with van der Waals surface area (Å²) in [5.74, 6) is -0.295. The normalized spacial score (nSPS) is 10.3. The molecule has 0 radical (unpaired) electrons. The summed E-state index contributed by atoms with van der Waals surface area (Å²) in [6.45, 7) is 3.58. The Hall–Kier alpha value is -1.38. The number of benzene rings is 2. The number of amides is 2. The molecule has 0 aliphatic heterocycles. The van der Waals surface area contributed by atoms with Gasteiger partial charge < -0.3 is 4.74 Å². The van der Waals surface area contributed by atoms with Gasteiger partial charge in [-0.15, -0.1) is 0 Å². The highest BCUT2D eigenvalue weighted by atomic mass is 79.9. The van der Waals surface area contributed by atoms with E-state index in [4.69, 9.17) is 4.74 Å². The van der Waals surface area contributed by atoms with Crippen LogP contribution in [-0.2, 0) is 4.79 Å². The first-order valence-electron chi connectivity index (χ1n) is 7.21. The summed E-state index contributed by atoms with van der Waals surface area (Å²) in [5, 5.41) is 0. The molecular weight excluding hydrogens is 520 g/mol. The summed E-state index contributed by atoms with van der Waals surface area (Å²) in [6, 6.07) is 8.90. The molecule has 2 N–H and O–H groups in total. The van der Waals surface area contributed by atoms with E-state index in [0.29, 0.717) is 11.3 Å². The monoisotopic (exact) mass is 532 g/mol. The summed E-state index contributed by atoms with van der Waals surface area (Å²) in [7, 11) is 0. The molecule has 0 fully saturated rings. The van der Waals surface area contributed by atoms with E-state index in [1.807, 2.05) is 32.0 Å². The molecule has 25 heavy (non-hydrogen) atoms. The largest absolute Gasteiger partial charge is 0.482 e. The van der Waals surface area contributed by atoms with Crippen LogP contribution in [0, 0.1) is 13.8 Å². The van der Waals surface area contributed by atoms with Crippen LogP contribution in [0.15, 0.2) is 43.7 Å². The minimum absolute atomic E-state index is 0.223. The molecule has 0 spiro atoms. The van der Waals surface area contributed by atoms with Crippen LogP contribution in [0.5, 0.6) is 5.75 Å². The highest BCUT2D eigenvalue weighted by Crippen LogP contribution is 2.32. The fourth-order valence-corrected chi connectivity index (χ4v) is 3.91. The SMILES string of the molecule is Cc1ccc(C(=O)NNC(=O)COc2c(C)cc(Br)cc2Br)cc1Br. The van der Waals surface area contributed by atoms with Crippen LogP contribution in [0.2, 0.25) is 0 Å². The minimum atomic E-state index is -0.464. The van der Waals surface area contributed by atoms with E-state index in [1.54, 1.807) is 12.1 Å². The van der Waals surface area contributed by atoms with Crippen molar-refractivity contribution >= 4 is 59.6 Å². The predicted octanol–water partition coefficient (Wildman–Crippen LogP) is 4.43. The van der Waals surface area contributed by atoms with E-state index in [-0.39, 0.29) is 6.61 Å². The molecule has 0 aliphatic rings. The quantitative estimate of drug-likeness (QED) is 0.570. The first-order chi connectivity index (χ1) is 11.8. The molecular formula is C17H15Br3N2O3. The van der Waals surface area contributed by atoms with Gasteiger partial charge in [-0.25, -0.2) is 0 Å². The van der Waals surface area contributed by atoms with Crippen LogP contribution in [0.25, 0.3) is 0 Å². The fraction of sp³-hybridized carbons (Fsp3) is 0.176. The van der Waals surface area contributed by atoms with Crippen molar-refractivity contribution in [3.05, 3.63) is 60.4 Å². The molecule has 132 valence electrons. The Kier molecular flexibility index (Phi) is 7.04. The zero-order valence-electron chi connectivity index (χ0n) is 13.5. The number of hydrogen-bond acceptors (Lipinski definition) is 3. The molecule has 0 heterocycles. The number of nitrogens with one attached hydrogen (secondary N) is 2. The van der Waals surface area contributed by atoms with Crippen molar-refractivity contribution in [2.45, 2.75) is 13.8 Å². The molecule has 8 heteroatoms. The standard InChI is InChI=1S/C17H15Br3N2O3/c1-9-3-4-11(6-13(9)19)17(24)22-21-15(23)8-25-16-10(2)5-12(18)7-14(16)20/h3-7H,8H2,1-2H3,(H,21,23)(H,22,24). The lowest BCUT2D eigenvalue weighted by Crippen LogP contribution is -2.43.